The minimum Gasteiger partial charge on any atom is -0.313 e. The Morgan fingerprint density at radius 2 is 2.06 bits per heavy atom. The predicted octanol–water partition coefficient (Wildman–Crippen LogP) is 3.26. The van der Waals surface area contributed by atoms with E-state index < -0.39 is 0 Å². The van der Waals surface area contributed by atoms with Gasteiger partial charge in [0.1, 0.15) is 0 Å². The lowest BCUT2D eigenvalue weighted by molar-refractivity contribution is -0.134. The molecule has 16 heavy (non-hydrogen) atoms. The summed E-state index contributed by atoms with van der Waals surface area (Å²) < 4.78 is 0. The Kier molecular flexibility index (Phi) is 3.17. The minimum atomic E-state index is 0.274. The highest BCUT2D eigenvalue weighted by atomic mass is 16.2. The van der Waals surface area contributed by atoms with E-state index in [-0.39, 0.29) is 11.3 Å². The first kappa shape index (κ1) is 11.4. The molecule has 2 aliphatic rings. The van der Waals surface area contributed by atoms with Gasteiger partial charge in [-0.15, -0.1) is 0 Å². The summed E-state index contributed by atoms with van der Waals surface area (Å²) >= 11 is 0. The van der Waals surface area contributed by atoms with Crippen molar-refractivity contribution in [2.24, 2.45) is 5.41 Å². The van der Waals surface area contributed by atoms with Crippen LogP contribution in [0.15, 0.2) is 24.4 Å². The van der Waals surface area contributed by atoms with Crippen molar-refractivity contribution in [1.82, 2.24) is 4.90 Å². The van der Waals surface area contributed by atoms with Gasteiger partial charge in [0.2, 0.25) is 5.91 Å². The van der Waals surface area contributed by atoms with Gasteiger partial charge >= 0.3 is 0 Å². The molecule has 1 aliphatic heterocycles. The highest BCUT2D eigenvalue weighted by Gasteiger charge is 2.42. The number of allylic oxidation sites excluding steroid dienone is 2. The summed E-state index contributed by atoms with van der Waals surface area (Å²) in [4.78, 5) is 14.0. The van der Waals surface area contributed by atoms with Crippen LogP contribution in [0.2, 0.25) is 0 Å². The number of hydrogen-bond acceptors (Lipinski definition) is 1. The summed E-state index contributed by atoms with van der Waals surface area (Å²) in [6.07, 6.45) is 10.8. The molecule has 1 spiro atoms. The van der Waals surface area contributed by atoms with Crippen molar-refractivity contribution in [3.8, 4) is 0 Å². The average molecular weight is 219 g/mol. The second-order valence-corrected chi connectivity index (χ2v) is 5.20. The Bertz CT molecular complexity index is 304. The maximum atomic E-state index is 12.1. The molecule has 1 heterocycles. The standard InChI is InChI=1S/C14H21NO/c1-3-4-9-15-12(2)10-14(11-13(15)16)7-5-6-8-14/h3-4H,2,5-11H2,1H3/b4-3+. The summed E-state index contributed by atoms with van der Waals surface area (Å²) in [7, 11) is 0. The molecule has 0 radical (unpaired) electrons. The largest absolute Gasteiger partial charge is 0.313 e. The van der Waals surface area contributed by atoms with Crippen molar-refractivity contribution >= 4 is 5.91 Å². The van der Waals surface area contributed by atoms with Gasteiger partial charge < -0.3 is 4.90 Å². The molecule has 2 rings (SSSR count). The van der Waals surface area contributed by atoms with Gasteiger partial charge in [-0.1, -0.05) is 31.6 Å². The fourth-order valence-corrected chi connectivity index (χ4v) is 3.10. The molecular weight excluding hydrogens is 198 g/mol. The van der Waals surface area contributed by atoms with Gasteiger partial charge in [0, 0.05) is 18.7 Å². The van der Waals surface area contributed by atoms with Crippen LogP contribution in [0.3, 0.4) is 0 Å². The molecule has 0 atom stereocenters. The number of likely N-dealkylation sites (tertiary alicyclic amines) is 1. The van der Waals surface area contributed by atoms with Crippen molar-refractivity contribution in [2.75, 3.05) is 6.54 Å². The van der Waals surface area contributed by atoms with E-state index in [4.69, 9.17) is 0 Å². The first-order valence-electron chi connectivity index (χ1n) is 6.26. The van der Waals surface area contributed by atoms with Gasteiger partial charge in [0.15, 0.2) is 0 Å². The van der Waals surface area contributed by atoms with E-state index in [1.807, 2.05) is 24.0 Å². The smallest absolute Gasteiger partial charge is 0.227 e. The summed E-state index contributed by atoms with van der Waals surface area (Å²) in [6.45, 7) is 6.77. The van der Waals surface area contributed by atoms with Crippen molar-refractivity contribution in [3.05, 3.63) is 24.4 Å². The third-order valence-corrected chi connectivity index (χ3v) is 3.98. The molecule has 0 aromatic heterocycles. The molecule has 0 aromatic rings. The second-order valence-electron chi connectivity index (χ2n) is 5.20. The molecule has 1 saturated heterocycles. The first-order chi connectivity index (χ1) is 7.67. The molecule has 88 valence electrons. The number of amides is 1. The van der Waals surface area contributed by atoms with Crippen LogP contribution in [0.4, 0.5) is 0 Å². The summed E-state index contributed by atoms with van der Waals surface area (Å²) in [6, 6.07) is 0. The third kappa shape index (κ3) is 2.06. The van der Waals surface area contributed by atoms with E-state index in [0.29, 0.717) is 6.54 Å². The van der Waals surface area contributed by atoms with Crippen LogP contribution < -0.4 is 0 Å². The quantitative estimate of drug-likeness (QED) is 0.653. The molecule has 0 aromatic carbocycles. The van der Waals surface area contributed by atoms with Crippen molar-refractivity contribution in [3.63, 3.8) is 0 Å². The summed E-state index contributed by atoms with van der Waals surface area (Å²) in [5.74, 6) is 0.274. The van der Waals surface area contributed by atoms with Crippen LogP contribution in [0, 0.1) is 5.41 Å². The Balaban J connectivity index is 2.07. The van der Waals surface area contributed by atoms with Crippen LogP contribution in [-0.2, 0) is 4.79 Å². The highest BCUT2D eigenvalue weighted by Crippen LogP contribution is 2.49. The lowest BCUT2D eigenvalue weighted by Gasteiger charge is -2.39. The first-order valence-corrected chi connectivity index (χ1v) is 6.26. The van der Waals surface area contributed by atoms with Crippen molar-refractivity contribution in [1.29, 1.82) is 0 Å². The molecule has 1 aliphatic carbocycles. The Morgan fingerprint density at radius 3 is 2.62 bits per heavy atom. The molecule has 0 unspecified atom stereocenters. The van der Waals surface area contributed by atoms with E-state index in [0.717, 1.165) is 18.5 Å². The number of rotatable bonds is 2. The third-order valence-electron chi connectivity index (χ3n) is 3.98. The average Bonchev–Trinajstić information content (AvgIpc) is 2.65. The zero-order valence-corrected chi connectivity index (χ0v) is 10.2. The lowest BCUT2D eigenvalue weighted by Crippen LogP contribution is -2.41. The zero-order valence-electron chi connectivity index (χ0n) is 10.2. The number of nitrogens with zero attached hydrogens (tertiary/aromatic N) is 1. The SMILES string of the molecule is C=C1CC2(CCCC2)CC(=O)N1C/C=C/C. The van der Waals surface area contributed by atoms with Crippen LogP contribution in [0.25, 0.3) is 0 Å². The summed E-state index contributed by atoms with van der Waals surface area (Å²) in [5, 5.41) is 0. The van der Waals surface area contributed by atoms with Crippen LogP contribution in [0.1, 0.15) is 45.4 Å². The molecule has 2 heteroatoms. The molecule has 1 saturated carbocycles. The molecule has 2 nitrogen and oxygen atoms in total. The van der Waals surface area contributed by atoms with Crippen molar-refractivity contribution in [2.45, 2.75) is 45.4 Å². The summed E-state index contributed by atoms with van der Waals surface area (Å²) in [5.41, 5.74) is 1.30. The second kappa shape index (κ2) is 4.44. The van der Waals surface area contributed by atoms with Crippen LogP contribution in [0.5, 0.6) is 0 Å². The van der Waals surface area contributed by atoms with Crippen LogP contribution >= 0.6 is 0 Å². The normalized spacial score (nSPS) is 24.9. The maximum Gasteiger partial charge on any atom is 0.227 e. The fourth-order valence-electron chi connectivity index (χ4n) is 3.10. The Labute approximate surface area is 98.0 Å². The van der Waals surface area contributed by atoms with Gasteiger partial charge in [-0.2, -0.15) is 0 Å². The number of piperidine rings is 1. The molecule has 0 N–H and O–H groups in total. The van der Waals surface area contributed by atoms with E-state index >= 15 is 0 Å². The number of hydrogen-bond donors (Lipinski definition) is 0. The molecular formula is C14H21NO. The highest BCUT2D eigenvalue weighted by molar-refractivity contribution is 5.80. The van der Waals surface area contributed by atoms with Gasteiger partial charge in [-0.05, 0) is 31.6 Å². The zero-order chi connectivity index (χ0) is 11.6. The van der Waals surface area contributed by atoms with Gasteiger partial charge in [0.25, 0.3) is 0 Å². The topological polar surface area (TPSA) is 20.3 Å². The molecule has 0 bridgehead atoms. The number of carbonyl (C=O) groups excluding carboxylic acids is 1. The van der Waals surface area contributed by atoms with Crippen LogP contribution in [-0.4, -0.2) is 17.4 Å². The Morgan fingerprint density at radius 1 is 1.38 bits per heavy atom. The number of carbonyl (C=O) groups is 1. The van der Waals surface area contributed by atoms with E-state index in [9.17, 15) is 4.79 Å². The van der Waals surface area contributed by atoms with Crippen molar-refractivity contribution < 1.29 is 4.79 Å². The maximum absolute atomic E-state index is 12.1. The molecule has 1 amide bonds. The van der Waals surface area contributed by atoms with E-state index in [2.05, 4.69) is 6.58 Å². The fraction of sp³-hybridized carbons (Fsp3) is 0.643. The minimum absolute atomic E-state index is 0.274. The van der Waals surface area contributed by atoms with Gasteiger partial charge in [0.05, 0.1) is 0 Å². The monoisotopic (exact) mass is 219 g/mol. The van der Waals surface area contributed by atoms with E-state index in [1.54, 1.807) is 0 Å². The molecule has 2 fully saturated rings. The van der Waals surface area contributed by atoms with Gasteiger partial charge in [-0.25, -0.2) is 0 Å². The predicted molar refractivity (Wildman–Crippen MR) is 65.8 cm³/mol. The van der Waals surface area contributed by atoms with Gasteiger partial charge in [-0.3, -0.25) is 4.79 Å². The van der Waals surface area contributed by atoms with E-state index in [1.165, 1.54) is 25.7 Å². The Hall–Kier alpha value is -1.05. The lowest BCUT2D eigenvalue weighted by atomic mass is 9.75.